The van der Waals surface area contributed by atoms with Crippen LogP contribution in [0.1, 0.15) is 48.5 Å². The molecule has 12 heteroatoms. The molecule has 1 N–H and O–H groups in total. The molecular formula is C23H24ClF3N2O5S. The van der Waals surface area contributed by atoms with Gasteiger partial charge in [-0.3, -0.25) is 4.79 Å². The predicted molar refractivity (Wildman–Crippen MR) is 124 cm³/mol. The summed E-state index contributed by atoms with van der Waals surface area (Å²) in [6, 6.07) is 7.64. The first-order valence-electron chi connectivity index (χ1n) is 10.9. The van der Waals surface area contributed by atoms with Gasteiger partial charge in [0.1, 0.15) is 4.90 Å². The van der Waals surface area contributed by atoms with Gasteiger partial charge in [0.05, 0.1) is 16.1 Å². The zero-order valence-corrected chi connectivity index (χ0v) is 20.3. The highest BCUT2D eigenvalue weighted by molar-refractivity contribution is 7.89. The molecule has 3 rings (SSSR count). The van der Waals surface area contributed by atoms with E-state index in [2.05, 4.69) is 5.32 Å². The first-order valence-corrected chi connectivity index (χ1v) is 12.7. The van der Waals surface area contributed by atoms with E-state index in [-0.39, 0.29) is 21.2 Å². The maximum absolute atomic E-state index is 13.1. The quantitative estimate of drug-likeness (QED) is 0.522. The van der Waals surface area contributed by atoms with Crippen molar-refractivity contribution in [3.63, 3.8) is 0 Å². The van der Waals surface area contributed by atoms with Gasteiger partial charge in [0.2, 0.25) is 10.0 Å². The number of alkyl halides is 3. The van der Waals surface area contributed by atoms with Crippen molar-refractivity contribution in [2.75, 3.05) is 18.4 Å². The summed E-state index contributed by atoms with van der Waals surface area (Å²) in [4.78, 5) is 24.7. The van der Waals surface area contributed by atoms with E-state index in [0.29, 0.717) is 13.1 Å². The van der Waals surface area contributed by atoms with E-state index in [9.17, 15) is 31.2 Å². The first-order chi connectivity index (χ1) is 16.4. The van der Waals surface area contributed by atoms with Gasteiger partial charge in [-0.1, -0.05) is 30.5 Å². The second-order valence-corrected chi connectivity index (χ2v) is 10.4. The van der Waals surface area contributed by atoms with Gasteiger partial charge < -0.3 is 10.1 Å². The lowest BCUT2D eigenvalue weighted by molar-refractivity contribution is -0.137. The molecule has 0 spiro atoms. The Bertz CT molecular complexity index is 1200. The van der Waals surface area contributed by atoms with Gasteiger partial charge in [-0.05, 0) is 56.2 Å². The summed E-state index contributed by atoms with van der Waals surface area (Å²) in [7, 11) is -3.95. The Hall–Kier alpha value is -2.63. The number of hydrogen-bond donors (Lipinski definition) is 1. The standard InChI is InChI=1S/C23H24ClF3N2O5S/c1-15(21(30)28-18-8-6-7-17(14-18)23(25,26)27)34-22(31)16-9-10-19(24)20(13-16)35(32,33)29-11-4-2-3-5-12-29/h6-10,13-15H,2-5,11-12H2,1H3,(H,28,30). The van der Waals surface area contributed by atoms with Crippen molar-refractivity contribution in [3.05, 3.63) is 58.6 Å². The fourth-order valence-corrected chi connectivity index (χ4v) is 5.57. The molecule has 1 saturated heterocycles. The SMILES string of the molecule is CC(OC(=O)c1ccc(Cl)c(S(=O)(=O)N2CCCCCC2)c1)C(=O)Nc1cccc(C(F)(F)F)c1. The van der Waals surface area contributed by atoms with Crippen molar-refractivity contribution in [2.45, 2.75) is 49.8 Å². The molecular weight excluding hydrogens is 509 g/mol. The van der Waals surface area contributed by atoms with Crippen LogP contribution in [0.15, 0.2) is 47.4 Å². The summed E-state index contributed by atoms with van der Waals surface area (Å²) < 4.78 is 71.3. The maximum atomic E-state index is 13.1. The number of carbonyl (C=O) groups excluding carboxylic acids is 2. The van der Waals surface area contributed by atoms with Crippen molar-refractivity contribution >= 4 is 39.2 Å². The first kappa shape index (κ1) is 27.0. The van der Waals surface area contributed by atoms with Crippen molar-refractivity contribution in [1.29, 1.82) is 0 Å². The Morgan fingerprint density at radius 1 is 1.06 bits per heavy atom. The summed E-state index contributed by atoms with van der Waals surface area (Å²) in [6.45, 7) is 1.94. The van der Waals surface area contributed by atoms with Crippen LogP contribution in [0, 0.1) is 0 Å². The lowest BCUT2D eigenvalue weighted by Gasteiger charge is -2.21. The Kier molecular flexibility index (Phi) is 8.45. The fraction of sp³-hybridized carbons (Fsp3) is 0.391. The van der Waals surface area contributed by atoms with Gasteiger partial charge in [-0.2, -0.15) is 17.5 Å². The second kappa shape index (κ2) is 11.0. The number of anilines is 1. The molecule has 1 heterocycles. The largest absolute Gasteiger partial charge is 0.449 e. The molecule has 7 nitrogen and oxygen atoms in total. The molecule has 0 saturated carbocycles. The zero-order valence-electron chi connectivity index (χ0n) is 18.8. The number of benzene rings is 2. The number of carbonyl (C=O) groups is 2. The smallest absolute Gasteiger partial charge is 0.416 e. The van der Waals surface area contributed by atoms with Crippen LogP contribution < -0.4 is 5.32 Å². The van der Waals surface area contributed by atoms with Gasteiger partial charge in [-0.25, -0.2) is 13.2 Å². The number of rotatable bonds is 6. The molecule has 35 heavy (non-hydrogen) atoms. The fourth-order valence-electron chi connectivity index (χ4n) is 3.55. The molecule has 0 aromatic heterocycles. The Labute approximate surface area is 206 Å². The number of sulfonamides is 1. The van der Waals surface area contributed by atoms with E-state index in [1.807, 2.05) is 0 Å². The molecule has 1 fully saturated rings. The van der Waals surface area contributed by atoms with Crippen molar-refractivity contribution in [1.82, 2.24) is 4.31 Å². The highest BCUT2D eigenvalue weighted by Crippen LogP contribution is 2.31. The second-order valence-electron chi connectivity index (χ2n) is 8.08. The average molecular weight is 533 g/mol. The third kappa shape index (κ3) is 6.74. The number of esters is 1. The summed E-state index contributed by atoms with van der Waals surface area (Å²) in [5.74, 6) is -1.84. The molecule has 0 aliphatic carbocycles. The van der Waals surface area contributed by atoms with Gasteiger partial charge in [0.25, 0.3) is 5.91 Å². The van der Waals surface area contributed by atoms with Gasteiger partial charge in [0.15, 0.2) is 6.10 Å². The highest BCUT2D eigenvalue weighted by atomic mass is 35.5. The van der Waals surface area contributed by atoms with E-state index >= 15 is 0 Å². The average Bonchev–Trinajstić information content (AvgIpc) is 3.09. The van der Waals surface area contributed by atoms with Gasteiger partial charge in [-0.15, -0.1) is 0 Å². The lowest BCUT2D eigenvalue weighted by Crippen LogP contribution is -2.32. The molecule has 1 aliphatic heterocycles. The topological polar surface area (TPSA) is 92.8 Å². The molecule has 190 valence electrons. The van der Waals surface area contributed by atoms with Crippen LogP contribution >= 0.6 is 11.6 Å². The summed E-state index contributed by atoms with van der Waals surface area (Å²) >= 11 is 6.13. The Morgan fingerprint density at radius 3 is 2.34 bits per heavy atom. The van der Waals surface area contributed by atoms with Crippen LogP contribution in [0.4, 0.5) is 18.9 Å². The lowest BCUT2D eigenvalue weighted by atomic mass is 10.2. The normalized spacial score (nSPS) is 16.3. The minimum atomic E-state index is -4.58. The van der Waals surface area contributed by atoms with E-state index < -0.39 is 39.7 Å². The molecule has 2 aromatic carbocycles. The number of nitrogens with one attached hydrogen (secondary N) is 1. The summed E-state index contributed by atoms with van der Waals surface area (Å²) in [6.07, 6.45) is -2.68. The van der Waals surface area contributed by atoms with Crippen molar-refractivity contribution in [3.8, 4) is 0 Å². The van der Waals surface area contributed by atoms with Crippen LogP contribution in [-0.2, 0) is 25.7 Å². The molecule has 0 radical (unpaired) electrons. The summed E-state index contributed by atoms with van der Waals surface area (Å²) in [5.41, 5.74) is -1.20. The summed E-state index contributed by atoms with van der Waals surface area (Å²) in [5, 5.41) is 2.21. The van der Waals surface area contributed by atoms with Crippen LogP contribution in [0.25, 0.3) is 0 Å². The Balaban J connectivity index is 1.72. The molecule has 2 aromatic rings. The van der Waals surface area contributed by atoms with Crippen LogP contribution in [-0.4, -0.2) is 43.8 Å². The minimum absolute atomic E-state index is 0.0545. The zero-order chi connectivity index (χ0) is 25.8. The molecule has 1 aliphatic rings. The van der Waals surface area contributed by atoms with Crippen molar-refractivity contribution in [2.24, 2.45) is 0 Å². The molecule has 1 atom stereocenters. The third-order valence-corrected chi connectivity index (χ3v) is 7.84. The van der Waals surface area contributed by atoms with Gasteiger partial charge >= 0.3 is 12.1 Å². The van der Waals surface area contributed by atoms with E-state index in [4.69, 9.17) is 16.3 Å². The number of nitrogens with zero attached hydrogens (tertiary/aromatic N) is 1. The molecule has 1 unspecified atom stereocenters. The maximum Gasteiger partial charge on any atom is 0.416 e. The molecule has 1 amide bonds. The Morgan fingerprint density at radius 2 is 1.71 bits per heavy atom. The number of amides is 1. The van der Waals surface area contributed by atoms with Gasteiger partial charge in [0, 0.05) is 18.8 Å². The molecule has 0 bridgehead atoms. The number of halogens is 4. The van der Waals surface area contributed by atoms with Crippen LogP contribution in [0.3, 0.4) is 0 Å². The minimum Gasteiger partial charge on any atom is -0.449 e. The van der Waals surface area contributed by atoms with Crippen molar-refractivity contribution < 1.29 is 35.9 Å². The number of hydrogen-bond acceptors (Lipinski definition) is 5. The monoisotopic (exact) mass is 532 g/mol. The predicted octanol–water partition coefficient (Wildman–Crippen LogP) is 5.11. The van der Waals surface area contributed by atoms with E-state index in [1.54, 1.807) is 0 Å². The van der Waals surface area contributed by atoms with E-state index in [1.165, 1.54) is 29.4 Å². The van der Waals surface area contributed by atoms with Crippen LogP contribution in [0.2, 0.25) is 5.02 Å². The van der Waals surface area contributed by atoms with E-state index in [0.717, 1.165) is 49.9 Å². The third-order valence-electron chi connectivity index (χ3n) is 5.46. The highest BCUT2D eigenvalue weighted by Gasteiger charge is 2.31. The number of ether oxygens (including phenoxy) is 1. The van der Waals surface area contributed by atoms with Crippen LogP contribution in [0.5, 0.6) is 0 Å².